The standard InChI is InChI=1S/C27H37N5O4S2/c1-5-32-19(12-27-9-16-6-17(10-27)8-18(7-16)11-27)30-31-26(32)37-13-20(33)29-24-21(25(35)36-14(2)3)15(4)22(38-24)23(28)34/h14,16-18H,5-13H2,1-4H3,(H2,28,34)(H,29,33). The van der Waals surface area contributed by atoms with Crippen molar-refractivity contribution >= 4 is 45.9 Å². The minimum Gasteiger partial charge on any atom is -0.459 e. The molecule has 2 heterocycles. The summed E-state index contributed by atoms with van der Waals surface area (Å²) in [5.74, 6) is 2.22. The first kappa shape index (κ1) is 27.2. The lowest BCUT2D eigenvalue weighted by Crippen LogP contribution is -2.47. The van der Waals surface area contributed by atoms with Crippen LogP contribution in [0.25, 0.3) is 0 Å². The van der Waals surface area contributed by atoms with Crippen molar-refractivity contribution in [2.75, 3.05) is 11.1 Å². The minimum atomic E-state index is -0.649. The molecule has 4 saturated carbocycles. The van der Waals surface area contributed by atoms with E-state index in [1.165, 1.54) is 50.3 Å². The Bertz CT molecular complexity index is 1220. The Morgan fingerprint density at radius 1 is 1.16 bits per heavy atom. The molecule has 2 aromatic rings. The predicted octanol–water partition coefficient (Wildman–Crippen LogP) is 4.82. The molecule has 0 aromatic carbocycles. The van der Waals surface area contributed by atoms with Crippen molar-refractivity contribution in [1.82, 2.24) is 14.8 Å². The normalized spacial score (nSPS) is 25.7. The molecule has 9 nitrogen and oxygen atoms in total. The summed E-state index contributed by atoms with van der Waals surface area (Å²) in [6.45, 7) is 7.95. The lowest BCUT2D eigenvalue weighted by Gasteiger charge is -2.56. The molecule has 2 amide bonds. The summed E-state index contributed by atoms with van der Waals surface area (Å²) in [5, 5.41) is 12.8. The molecule has 0 aliphatic heterocycles. The highest BCUT2D eigenvalue weighted by molar-refractivity contribution is 7.99. The van der Waals surface area contributed by atoms with Crippen LogP contribution in [0.2, 0.25) is 0 Å². The number of aromatic nitrogens is 3. The molecule has 38 heavy (non-hydrogen) atoms. The lowest BCUT2D eigenvalue weighted by atomic mass is 9.49. The van der Waals surface area contributed by atoms with E-state index in [1.54, 1.807) is 20.8 Å². The number of anilines is 1. The summed E-state index contributed by atoms with van der Waals surface area (Å²) in [6, 6.07) is 0. The van der Waals surface area contributed by atoms with E-state index < -0.39 is 11.9 Å². The molecule has 6 rings (SSSR count). The summed E-state index contributed by atoms with van der Waals surface area (Å²) in [5.41, 5.74) is 6.44. The molecule has 206 valence electrons. The maximum absolute atomic E-state index is 12.9. The number of thioether (sulfide) groups is 1. The largest absolute Gasteiger partial charge is 0.459 e. The number of amides is 2. The van der Waals surface area contributed by atoms with Gasteiger partial charge < -0.3 is 20.4 Å². The number of hydrogen-bond donors (Lipinski definition) is 2. The van der Waals surface area contributed by atoms with Crippen molar-refractivity contribution in [3.8, 4) is 0 Å². The molecule has 4 fully saturated rings. The first-order valence-corrected chi connectivity index (χ1v) is 15.4. The number of rotatable bonds is 10. The van der Waals surface area contributed by atoms with E-state index in [4.69, 9.17) is 10.5 Å². The third-order valence-electron chi connectivity index (χ3n) is 8.31. The van der Waals surface area contributed by atoms with Gasteiger partial charge in [-0.25, -0.2) is 4.79 Å². The van der Waals surface area contributed by atoms with Crippen molar-refractivity contribution in [3.63, 3.8) is 0 Å². The fourth-order valence-corrected chi connectivity index (χ4v) is 9.25. The Hall–Kier alpha value is -2.40. The number of nitrogens with two attached hydrogens (primary N) is 1. The first-order chi connectivity index (χ1) is 18.1. The van der Waals surface area contributed by atoms with Crippen molar-refractivity contribution in [2.45, 2.75) is 90.4 Å². The van der Waals surface area contributed by atoms with Crippen molar-refractivity contribution in [1.29, 1.82) is 0 Å². The maximum Gasteiger partial charge on any atom is 0.341 e. The summed E-state index contributed by atoms with van der Waals surface area (Å²) in [6.07, 6.45) is 8.81. The minimum absolute atomic E-state index is 0.0943. The second-order valence-corrected chi connectivity index (χ2v) is 13.6. The topological polar surface area (TPSA) is 129 Å². The SMILES string of the molecule is CCn1c(CC23CC4CC(CC(C4)C2)C3)nnc1SCC(=O)Nc1sc(C(N)=O)c(C)c1C(=O)OC(C)C. The molecule has 4 bridgehead atoms. The molecule has 0 atom stereocenters. The van der Waals surface area contributed by atoms with Gasteiger partial charge in [-0.3, -0.25) is 9.59 Å². The summed E-state index contributed by atoms with van der Waals surface area (Å²) in [7, 11) is 0. The molecule has 0 spiro atoms. The molecule has 0 saturated heterocycles. The summed E-state index contributed by atoms with van der Waals surface area (Å²) in [4.78, 5) is 37.7. The van der Waals surface area contributed by atoms with E-state index >= 15 is 0 Å². The van der Waals surface area contributed by atoms with Crippen LogP contribution in [-0.4, -0.2) is 44.4 Å². The average Bonchev–Trinajstić information content (AvgIpc) is 3.35. The zero-order chi connectivity index (χ0) is 27.2. The zero-order valence-corrected chi connectivity index (χ0v) is 24.2. The molecule has 4 aliphatic rings. The number of carbonyl (C=O) groups excluding carboxylic acids is 3. The Kier molecular flexibility index (Phi) is 7.61. The van der Waals surface area contributed by atoms with E-state index in [0.29, 0.717) is 11.0 Å². The van der Waals surface area contributed by atoms with Gasteiger partial charge in [-0.15, -0.1) is 21.5 Å². The van der Waals surface area contributed by atoms with Crippen LogP contribution in [0, 0.1) is 30.1 Å². The quantitative estimate of drug-likeness (QED) is 0.315. The second-order valence-electron chi connectivity index (χ2n) is 11.7. The van der Waals surface area contributed by atoms with Gasteiger partial charge in [0.05, 0.1) is 22.3 Å². The van der Waals surface area contributed by atoms with Gasteiger partial charge in [0.25, 0.3) is 5.91 Å². The number of hydrogen-bond acceptors (Lipinski definition) is 8. The van der Waals surface area contributed by atoms with Gasteiger partial charge in [0.2, 0.25) is 5.91 Å². The van der Waals surface area contributed by atoms with Crippen LogP contribution in [0.15, 0.2) is 5.16 Å². The number of nitrogens with one attached hydrogen (secondary N) is 1. The van der Waals surface area contributed by atoms with Crippen molar-refractivity contribution < 1.29 is 19.1 Å². The Balaban J connectivity index is 1.26. The molecule has 2 aromatic heterocycles. The number of ether oxygens (including phenoxy) is 1. The molecule has 0 radical (unpaired) electrons. The van der Waals surface area contributed by atoms with Gasteiger partial charge in [0.1, 0.15) is 10.8 Å². The average molecular weight is 560 g/mol. The van der Waals surface area contributed by atoms with Crippen LogP contribution in [0.1, 0.15) is 90.7 Å². The van der Waals surface area contributed by atoms with Gasteiger partial charge in [-0.1, -0.05) is 11.8 Å². The van der Waals surface area contributed by atoms with Crippen molar-refractivity contribution in [3.05, 3.63) is 21.8 Å². The van der Waals surface area contributed by atoms with E-state index in [0.717, 1.165) is 53.0 Å². The van der Waals surface area contributed by atoms with Crippen LogP contribution < -0.4 is 11.1 Å². The number of nitrogens with zero attached hydrogens (tertiary/aromatic N) is 3. The molecule has 3 N–H and O–H groups in total. The number of primary amides is 1. The zero-order valence-electron chi connectivity index (χ0n) is 22.5. The van der Waals surface area contributed by atoms with Gasteiger partial charge >= 0.3 is 5.97 Å². The monoisotopic (exact) mass is 559 g/mol. The maximum atomic E-state index is 12.9. The highest BCUT2D eigenvalue weighted by Crippen LogP contribution is 2.61. The second kappa shape index (κ2) is 10.6. The van der Waals surface area contributed by atoms with E-state index in [1.807, 2.05) is 0 Å². The van der Waals surface area contributed by atoms with Gasteiger partial charge in [-0.2, -0.15) is 0 Å². The fourth-order valence-electron chi connectivity index (χ4n) is 7.36. The van der Waals surface area contributed by atoms with Crippen LogP contribution in [0.3, 0.4) is 0 Å². The van der Waals surface area contributed by atoms with Crippen LogP contribution in [-0.2, 0) is 22.5 Å². The first-order valence-electron chi connectivity index (χ1n) is 13.6. The highest BCUT2D eigenvalue weighted by Gasteiger charge is 2.51. The fraction of sp³-hybridized carbons (Fsp3) is 0.667. The number of carbonyl (C=O) groups is 3. The summed E-state index contributed by atoms with van der Waals surface area (Å²) >= 11 is 2.32. The Morgan fingerprint density at radius 3 is 2.34 bits per heavy atom. The molecule has 0 unspecified atom stereocenters. The lowest BCUT2D eigenvalue weighted by molar-refractivity contribution is -0.113. The molecular formula is C27H37N5O4S2. The van der Waals surface area contributed by atoms with Crippen LogP contribution in [0.4, 0.5) is 5.00 Å². The van der Waals surface area contributed by atoms with Gasteiger partial charge in [0, 0.05) is 13.0 Å². The third-order valence-corrected chi connectivity index (χ3v) is 10.5. The van der Waals surface area contributed by atoms with Crippen LogP contribution in [0.5, 0.6) is 0 Å². The van der Waals surface area contributed by atoms with Gasteiger partial charge in [-0.05, 0) is 95.0 Å². The van der Waals surface area contributed by atoms with E-state index in [2.05, 4.69) is 27.0 Å². The Labute approximate surface area is 231 Å². The van der Waals surface area contributed by atoms with Crippen molar-refractivity contribution in [2.24, 2.45) is 28.9 Å². The smallest absolute Gasteiger partial charge is 0.341 e. The predicted molar refractivity (Wildman–Crippen MR) is 147 cm³/mol. The van der Waals surface area contributed by atoms with Crippen LogP contribution >= 0.6 is 23.1 Å². The van der Waals surface area contributed by atoms with E-state index in [9.17, 15) is 14.4 Å². The number of esters is 1. The molecule has 4 aliphatic carbocycles. The highest BCUT2D eigenvalue weighted by atomic mass is 32.2. The molecule has 11 heteroatoms. The van der Waals surface area contributed by atoms with Gasteiger partial charge in [0.15, 0.2) is 5.16 Å². The third kappa shape index (κ3) is 5.36. The Morgan fingerprint density at radius 2 is 1.79 bits per heavy atom. The number of thiophene rings is 1. The summed E-state index contributed by atoms with van der Waals surface area (Å²) < 4.78 is 7.47. The molecular weight excluding hydrogens is 522 g/mol. The van der Waals surface area contributed by atoms with E-state index in [-0.39, 0.29) is 33.2 Å².